The van der Waals surface area contributed by atoms with E-state index >= 15 is 0 Å². The maximum Gasteiger partial charge on any atom is 0.318 e. The molecule has 43 heavy (non-hydrogen) atoms. The largest absolute Gasteiger partial charge is 0.508 e. The summed E-state index contributed by atoms with van der Waals surface area (Å²) >= 11 is 6.47. The number of benzene rings is 2. The molecule has 3 saturated heterocycles. The van der Waals surface area contributed by atoms with Crippen molar-refractivity contribution in [3.63, 3.8) is 0 Å². The second-order valence-corrected chi connectivity index (χ2v) is 13.6. The number of anilines is 2. The van der Waals surface area contributed by atoms with Crippen LogP contribution >= 0.6 is 11.6 Å². The van der Waals surface area contributed by atoms with Crippen molar-refractivity contribution >= 4 is 33.9 Å². The minimum Gasteiger partial charge on any atom is -0.508 e. The van der Waals surface area contributed by atoms with Crippen LogP contribution in [-0.2, 0) is 13.0 Å². The molecule has 1 aromatic heterocycles. The smallest absolute Gasteiger partial charge is 0.318 e. The normalized spacial score (nSPS) is 30.2. The first-order valence-corrected chi connectivity index (χ1v) is 15.9. The Kier molecular flexibility index (Phi) is 6.62. The van der Waals surface area contributed by atoms with Gasteiger partial charge in [-0.1, -0.05) is 17.7 Å². The fraction of sp³-hybridized carbons (Fsp3) is 0.562. The minimum atomic E-state index is -0.846. The van der Waals surface area contributed by atoms with Crippen molar-refractivity contribution in [3.05, 3.63) is 46.4 Å². The number of phenolic OH excluding ortho intramolecular Hbond substituents is 1. The van der Waals surface area contributed by atoms with Gasteiger partial charge < -0.3 is 24.7 Å². The van der Waals surface area contributed by atoms with Crippen molar-refractivity contribution in [1.82, 2.24) is 14.9 Å². The summed E-state index contributed by atoms with van der Waals surface area (Å²) < 4.78 is 35.4. The van der Waals surface area contributed by atoms with Gasteiger partial charge >= 0.3 is 6.01 Å². The Morgan fingerprint density at radius 3 is 2.88 bits per heavy atom. The van der Waals surface area contributed by atoms with Gasteiger partial charge in [0.1, 0.15) is 30.2 Å². The maximum absolute atomic E-state index is 14.6. The van der Waals surface area contributed by atoms with Crippen LogP contribution in [0.3, 0.4) is 0 Å². The number of alkyl halides is 1. The molecular formula is C32H36ClF2N5O3. The average molecular weight is 612 g/mol. The quantitative estimate of drug-likeness (QED) is 0.417. The zero-order valence-electron chi connectivity index (χ0n) is 24.0. The lowest BCUT2D eigenvalue weighted by molar-refractivity contribution is 0.107. The molecule has 0 radical (unpaired) electrons. The monoisotopic (exact) mass is 611 g/mol. The molecule has 228 valence electrons. The Bertz CT molecular complexity index is 1590. The van der Waals surface area contributed by atoms with Crippen molar-refractivity contribution < 1.29 is 23.7 Å². The first-order chi connectivity index (χ1) is 20.8. The molecule has 8 nitrogen and oxygen atoms in total. The molecule has 8 rings (SSSR count). The van der Waals surface area contributed by atoms with E-state index in [1.54, 1.807) is 18.2 Å². The van der Waals surface area contributed by atoms with Gasteiger partial charge in [-0.25, -0.2) is 8.78 Å². The highest BCUT2D eigenvalue weighted by atomic mass is 35.5. The van der Waals surface area contributed by atoms with Gasteiger partial charge in [0.05, 0.1) is 34.6 Å². The third-order valence-electron chi connectivity index (χ3n) is 10.5. The van der Waals surface area contributed by atoms with E-state index in [-0.39, 0.29) is 34.5 Å². The van der Waals surface area contributed by atoms with Crippen molar-refractivity contribution in [2.45, 2.75) is 75.3 Å². The highest BCUT2D eigenvalue weighted by molar-refractivity contribution is 6.36. The number of ether oxygens (including phenoxy) is 1. The zero-order valence-corrected chi connectivity index (χ0v) is 24.7. The van der Waals surface area contributed by atoms with Crippen LogP contribution < -0.4 is 14.5 Å². The van der Waals surface area contributed by atoms with Crippen LogP contribution in [0.4, 0.5) is 20.3 Å². The van der Waals surface area contributed by atoms with Gasteiger partial charge in [0.25, 0.3) is 0 Å². The third kappa shape index (κ3) is 4.68. The third-order valence-corrected chi connectivity index (χ3v) is 10.9. The molecule has 4 aliphatic heterocycles. The number of halogens is 3. The molecule has 5 atom stereocenters. The van der Waals surface area contributed by atoms with E-state index in [9.17, 15) is 19.0 Å². The standard InChI is InChI=1S/C32H36ClF2N5O3/c33-29-25(35)3-2-19-10-23(42)12-27(28(19)29)38-7-4-24-26(16-38)36-31(43-17-32-5-1-6-39(32)15-20(34)13-32)37-30(24)40-14-18-8-21(40)11-22(41)9-18/h2-3,10,12,18,20-22,41-42H,1,4-9,11,13-17H2/t18?,20-,21?,22?,32+/m1/s1. The topological polar surface area (TPSA) is 85.2 Å². The van der Waals surface area contributed by atoms with Crippen molar-refractivity contribution in [1.29, 1.82) is 0 Å². The number of hydrogen-bond donors (Lipinski definition) is 2. The van der Waals surface area contributed by atoms with Crippen LogP contribution in [0.15, 0.2) is 24.3 Å². The summed E-state index contributed by atoms with van der Waals surface area (Å²) in [4.78, 5) is 16.6. The van der Waals surface area contributed by atoms with E-state index in [1.807, 2.05) is 0 Å². The van der Waals surface area contributed by atoms with E-state index in [0.717, 1.165) is 55.8 Å². The molecule has 1 saturated carbocycles. The Balaban J connectivity index is 1.17. The Morgan fingerprint density at radius 2 is 2.00 bits per heavy atom. The molecule has 0 amide bonds. The lowest BCUT2D eigenvalue weighted by Crippen LogP contribution is -2.43. The molecule has 5 heterocycles. The van der Waals surface area contributed by atoms with Gasteiger partial charge in [-0.3, -0.25) is 4.90 Å². The predicted octanol–water partition coefficient (Wildman–Crippen LogP) is 5.00. The molecule has 2 N–H and O–H groups in total. The lowest BCUT2D eigenvalue weighted by atomic mass is 9.88. The number of nitrogens with zero attached hydrogens (tertiary/aromatic N) is 5. The summed E-state index contributed by atoms with van der Waals surface area (Å²) in [6.07, 6.45) is 4.45. The second-order valence-electron chi connectivity index (χ2n) is 13.2. The zero-order chi connectivity index (χ0) is 29.5. The van der Waals surface area contributed by atoms with Crippen molar-refractivity contribution in [2.24, 2.45) is 5.92 Å². The van der Waals surface area contributed by atoms with Crippen LogP contribution in [0.1, 0.15) is 49.8 Å². The summed E-state index contributed by atoms with van der Waals surface area (Å²) in [7, 11) is 0. The van der Waals surface area contributed by atoms with Gasteiger partial charge in [-0.2, -0.15) is 9.97 Å². The lowest BCUT2D eigenvalue weighted by Gasteiger charge is -2.35. The average Bonchev–Trinajstić information content (AvgIpc) is 3.61. The number of aromatic hydroxyl groups is 1. The maximum atomic E-state index is 14.6. The summed E-state index contributed by atoms with van der Waals surface area (Å²) in [5, 5.41) is 22.3. The van der Waals surface area contributed by atoms with E-state index in [1.165, 1.54) is 6.07 Å². The predicted molar refractivity (Wildman–Crippen MR) is 160 cm³/mol. The highest BCUT2D eigenvalue weighted by Crippen LogP contribution is 2.44. The molecular weight excluding hydrogens is 576 g/mol. The van der Waals surface area contributed by atoms with Crippen molar-refractivity contribution in [2.75, 3.05) is 42.6 Å². The molecule has 3 unspecified atom stereocenters. The number of aliphatic hydroxyl groups excluding tert-OH is 1. The van der Waals surface area contributed by atoms with Gasteiger partial charge in [0.2, 0.25) is 0 Å². The van der Waals surface area contributed by atoms with Gasteiger partial charge in [-0.15, -0.1) is 0 Å². The van der Waals surface area contributed by atoms with Crippen LogP contribution in [0, 0.1) is 11.7 Å². The molecule has 11 heteroatoms. The molecule has 0 spiro atoms. The fourth-order valence-corrected chi connectivity index (χ4v) is 8.88. The molecule has 5 aliphatic rings. The van der Waals surface area contributed by atoms with Gasteiger partial charge in [0.15, 0.2) is 0 Å². The van der Waals surface area contributed by atoms with Crippen LogP contribution in [0.25, 0.3) is 10.8 Å². The molecule has 1 aliphatic carbocycles. The summed E-state index contributed by atoms with van der Waals surface area (Å²) in [5.41, 5.74) is 2.19. The van der Waals surface area contributed by atoms with Crippen LogP contribution in [0.5, 0.6) is 11.8 Å². The Morgan fingerprint density at radius 1 is 1.12 bits per heavy atom. The summed E-state index contributed by atoms with van der Waals surface area (Å²) in [6.45, 7) is 3.52. The minimum absolute atomic E-state index is 0.0247. The summed E-state index contributed by atoms with van der Waals surface area (Å²) in [6, 6.07) is 6.65. The number of phenols is 1. The fourth-order valence-electron chi connectivity index (χ4n) is 8.62. The molecule has 2 bridgehead atoms. The first-order valence-electron chi connectivity index (χ1n) is 15.5. The van der Waals surface area contributed by atoms with E-state index in [4.69, 9.17) is 26.3 Å². The van der Waals surface area contributed by atoms with Crippen LogP contribution in [-0.4, -0.2) is 81.7 Å². The highest BCUT2D eigenvalue weighted by Gasteiger charge is 2.49. The Hall–Kier alpha value is -2.95. The number of fused-ring (bicyclic) bond motifs is 5. The van der Waals surface area contributed by atoms with E-state index in [2.05, 4.69) is 14.7 Å². The number of hydrogen-bond acceptors (Lipinski definition) is 8. The van der Waals surface area contributed by atoms with Gasteiger partial charge in [-0.05, 0) is 68.5 Å². The molecule has 4 fully saturated rings. The van der Waals surface area contributed by atoms with E-state index in [0.29, 0.717) is 67.9 Å². The number of aliphatic hydroxyl groups is 1. The summed E-state index contributed by atoms with van der Waals surface area (Å²) in [5.74, 6) is 0.852. The molecule has 3 aromatic rings. The Labute approximate surface area is 254 Å². The number of aromatic nitrogens is 2. The second kappa shape index (κ2) is 10.3. The number of rotatable bonds is 5. The van der Waals surface area contributed by atoms with Crippen molar-refractivity contribution in [3.8, 4) is 11.8 Å². The van der Waals surface area contributed by atoms with Crippen LogP contribution in [0.2, 0.25) is 5.02 Å². The SMILES string of the molecule is Oc1cc(N2CCc3c(nc(OC[C@@]45CCCN4C[C@H](F)C5)nc3N3CC4CC(O)CC3C4)C2)c2c(Cl)c(F)ccc2c1. The molecule has 2 aromatic carbocycles. The van der Waals surface area contributed by atoms with Gasteiger partial charge in [0, 0.05) is 49.1 Å². The van der Waals surface area contributed by atoms with E-state index < -0.39 is 12.0 Å². The first kappa shape index (κ1) is 27.6.